The molecule has 0 amide bonds. The lowest BCUT2D eigenvalue weighted by molar-refractivity contribution is 0.561. The molecule has 0 spiro atoms. The highest BCUT2D eigenvalue weighted by atomic mass is 35.5. The Morgan fingerprint density at radius 1 is 1.57 bits per heavy atom. The van der Waals surface area contributed by atoms with Gasteiger partial charge in [0.05, 0.1) is 0 Å². The van der Waals surface area contributed by atoms with Gasteiger partial charge in [0, 0.05) is 18.8 Å². The van der Waals surface area contributed by atoms with Crippen molar-refractivity contribution in [2.75, 3.05) is 5.88 Å². The van der Waals surface area contributed by atoms with Gasteiger partial charge in [-0.2, -0.15) is 0 Å². The zero-order valence-electron chi connectivity index (χ0n) is 7.83. The fourth-order valence-corrected chi connectivity index (χ4v) is 1.56. The Morgan fingerprint density at radius 3 is 3.07 bits per heavy atom. The van der Waals surface area contributed by atoms with Crippen LogP contribution in [0.4, 0.5) is 0 Å². The van der Waals surface area contributed by atoms with E-state index in [0.717, 1.165) is 16.7 Å². The Balaban J connectivity index is 2.50. The SMILES string of the molecule is Cc1nc2cc(C(N)CCl)ccc2o1. The van der Waals surface area contributed by atoms with Crippen molar-refractivity contribution in [1.29, 1.82) is 0 Å². The molecule has 0 saturated heterocycles. The number of hydrogen-bond acceptors (Lipinski definition) is 3. The molecule has 1 heterocycles. The number of oxazole rings is 1. The van der Waals surface area contributed by atoms with Crippen molar-refractivity contribution in [3.63, 3.8) is 0 Å². The lowest BCUT2D eigenvalue weighted by Gasteiger charge is -2.06. The Kier molecular flexibility index (Phi) is 2.44. The second-order valence-corrected chi connectivity index (χ2v) is 3.53. The Morgan fingerprint density at radius 2 is 2.36 bits per heavy atom. The summed E-state index contributed by atoms with van der Waals surface area (Å²) in [7, 11) is 0. The smallest absolute Gasteiger partial charge is 0.192 e. The standard InChI is InChI=1S/C10H11ClN2O/c1-6-13-9-4-7(8(12)5-11)2-3-10(9)14-6/h2-4,8H,5,12H2,1H3. The van der Waals surface area contributed by atoms with Crippen molar-refractivity contribution in [1.82, 2.24) is 4.98 Å². The first-order chi connectivity index (χ1) is 6.70. The van der Waals surface area contributed by atoms with Crippen LogP contribution in [-0.2, 0) is 0 Å². The number of nitrogens with zero attached hydrogens (tertiary/aromatic N) is 1. The first-order valence-electron chi connectivity index (χ1n) is 4.39. The van der Waals surface area contributed by atoms with Crippen LogP contribution in [0.5, 0.6) is 0 Å². The summed E-state index contributed by atoms with van der Waals surface area (Å²) in [6, 6.07) is 5.56. The molecule has 0 aliphatic heterocycles. The van der Waals surface area contributed by atoms with Gasteiger partial charge >= 0.3 is 0 Å². The molecule has 1 aromatic carbocycles. The number of nitrogens with two attached hydrogens (primary N) is 1. The van der Waals surface area contributed by atoms with Gasteiger partial charge in [0.1, 0.15) is 5.52 Å². The van der Waals surface area contributed by atoms with Gasteiger partial charge in [-0.15, -0.1) is 11.6 Å². The predicted molar refractivity (Wildman–Crippen MR) is 56.4 cm³/mol. The lowest BCUT2D eigenvalue weighted by atomic mass is 10.1. The van der Waals surface area contributed by atoms with Gasteiger partial charge < -0.3 is 10.2 Å². The average molecular weight is 211 g/mol. The number of hydrogen-bond donors (Lipinski definition) is 1. The number of aromatic nitrogens is 1. The number of fused-ring (bicyclic) bond motifs is 1. The van der Waals surface area contributed by atoms with Gasteiger partial charge in [-0.05, 0) is 17.7 Å². The fourth-order valence-electron chi connectivity index (χ4n) is 1.38. The highest BCUT2D eigenvalue weighted by Crippen LogP contribution is 2.20. The van der Waals surface area contributed by atoms with Gasteiger partial charge in [-0.1, -0.05) is 6.07 Å². The minimum atomic E-state index is -0.141. The van der Waals surface area contributed by atoms with E-state index in [1.807, 2.05) is 25.1 Å². The maximum absolute atomic E-state index is 5.80. The molecule has 2 rings (SSSR count). The van der Waals surface area contributed by atoms with E-state index in [-0.39, 0.29) is 6.04 Å². The minimum Gasteiger partial charge on any atom is -0.441 e. The molecular weight excluding hydrogens is 200 g/mol. The number of alkyl halides is 1. The second-order valence-electron chi connectivity index (χ2n) is 3.22. The van der Waals surface area contributed by atoms with Gasteiger partial charge in [0.2, 0.25) is 0 Å². The van der Waals surface area contributed by atoms with Gasteiger partial charge in [0.15, 0.2) is 11.5 Å². The summed E-state index contributed by atoms with van der Waals surface area (Å²) >= 11 is 5.67. The molecule has 0 bridgehead atoms. The van der Waals surface area contributed by atoms with Crippen LogP contribution < -0.4 is 5.73 Å². The fraction of sp³-hybridized carbons (Fsp3) is 0.300. The van der Waals surface area contributed by atoms with Crippen LogP contribution >= 0.6 is 11.6 Å². The van der Waals surface area contributed by atoms with E-state index < -0.39 is 0 Å². The van der Waals surface area contributed by atoms with Crippen LogP contribution in [0.1, 0.15) is 17.5 Å². The number of halogens is 1. The number of benzene rings is 1. The van der Waals surface area contributed by atoms with Crippen LogP contribution in [0.2, 0.25) is 0 Å². The van der Waals surface area contributed by atoms with Crippen LogP contribution in [0.3, 0.4) is 0 Å². The highest BCUT2D eigenvalue weighted by molar-refractivity contribution is 6.18. The normalized spacial score (nSPS) is 13.4. The zero-order chi connectivity index (χ0) is 10.1. The molecule has 0 saturated carbocycles. The minimum absolute atomic E-state index is 0.141. The molecule has 1 atom stereocenters. The van der Waals surface area contributed by atoms with Crippen molar-refractivity contribution >= 4 is 22.7 Å². The summed E-state index contributed by atoms with van der Waals surface area (Å²) in [4.78, 5) is 4.23. The van der Waals surface area contributed by atoms with Crippen molar-refractivity contribution in [3.05, 3.63) is 29.7 Å². The van der Waals surface area contributed by atoms with E-state index in [9.17, 15) is 0 Å². The molecule has 2 N–H and O–H groups in total. The third kappa shape index (κ3) is 1.61. The summed E-state index contributed by atoms with van der Waals surface area (Å²) in [6.45, 7) is 1.82. The van der Waals surface area contributed by atoms with Crippen molar-refractivity contribution < 1.29 is 4.42 Å². The number of aryl methyl sites for hydroxylation is 1. The number of rotatable bonds is 2. The van der Waals surface area contributed by atoms with E-state index in [2.05, 4.69) is 4.98 Å². The molecule has 0 radical (unpaired) electrons. The second kappa shape index (κ2) is 3.59. The van der Waals surface area contributed by atoms with E-state index >= 15 is 0 Å². The maximum Gasteiger partial charge on any atom is 0.192 e. The first kappa shape index (κ1) is 9.49. The lowest BCUT2D eigenvalue weighted by Crippen LogP contribution is -2.11. The zero-order valence-corrected chi connectivity index (χ0v) is 8.58. The Hall–Kier alpha value is -1.06. The first-order valence-corrected chi connectivity index (χ1v) is 4.93. The van der Waals surface area contributed by atoms with E-state index in [1.165, 1.54) is 0 Å². The molecule has 3 nitrogen and oxygen atoms in total. The topological polar surface area (TPSA) is 52.0 Å². The molecular formula is C10H11ClN2O. The van der Waals surface area contributed by atoms with E-state index in [0.29, 0.717) is 11.8 Å². The van der Waals surface area contributed by atoms with Crippen LogP contribution in [-0.4, -0.2) is 10.9 Å². The van der Waals surface area contributed by atoms with Gasteiger partial charge in [-0.3, -0.25) is 0 Å². The average Bonchev–Trinajstić information content (AvgIpc) is 2.55. The quantitative estimate of drug-likeness (QED) is 0.775. The van der Waals surface area contributed by atoms with E-state index in [1.54, 1.807) is 0 Å². The van der Waals surface area contributed by atoms with Crippen LogP contribution in [0, 0.1) is 6.92 Å². The third-order valence-corrected chi connectivity index (χ3v) is 2.45. The molecule has 0 fully saturated rings. The Bertz CT molecular complexity index is 452. The molecule has 1 unspecified atom stereocenters. The molecule has 2 aromatic rings. The van der Waals surface area contributed by atoms with Crippen molar-refractivity contribution in [2.45, 2.75) is 13.0 Å². The summed E-state index contributed by atoms with van der Waals surface area (Å²) in [6.07, 6.45) is 0. The van der Waals surface area contributed by atoms with Crippen LogP contribution in [0.15, 0.2) is 22.6 Å². The summed E-state index contributed by atoms with van der Waals surface area (Å²) in [5.41, 5.74) is 8.41. The largest absolute Gasteiger partial charge is 0.441 e. The molecule has 14 heavy (non-hydrogen) atoms. The summed E-state index contributed by atoms with van der Waals surface area (Å²) in [5, 5.41) is 0. The molecule has 74 valence electrons. The molecule has 0 aliphatic rings. The molecule has 0 aliphatic carbocycles. The van der Waals surface area contributed by atoms with Gasteiger partial charge in [0.25, 0.3) is 0 Å². The van der Waals surface area contributed by atoms with Crippen LogP contribution in [0.25, 0.3) is 11.1 Å². The molecule has 4 heteroatoms. The van der Waals surface area contributed by atoms with E-state index in [4.69, 9.17) is 21.8 Å². The maximum atomic E-state index is 5.80. The monoisotopic (exact) mass is 210 g/mol. The third-order valence-electron chi connectivity index (χ3n) is 2.11. The summed E-state index contributed by atoms with van der Waals surface area (Å²) in [5.74, 6) is 1.07. The Labute approximate surface area is 86.9 Å². The summed E-state index contributed by atoms with van der Waals surface area (Å²) < 4.78 is 5.35. The molecule has 1 aromatic heterocycles. The van der Waals surface area contributed by atoms with Crippen molar-refractivity contribution in [2.24, 2.45) is 5.73 Å². The predicted octanol–water partition coefficient (Wildman–Crippen LogP) is 2.37. The van der Waals surface area contributed by atoms with Crippen molar-refractivity contribution in [3.8, 4) is 0 Å². The highest BCUT2D eigenvalue weighted by Gasteiger charge is 2.07. The van der Waals surface area contributed by atoms with Gasteiger partial charge in [-0.25, -0.2) is 4.98 Å².